The predicted molar refractivity (Wildman–Crippen MR) is 90.4 cm³/mol. The van der Waals surface area contributed by atoms with Crippen molar-refractivity contribution < 1.29 is 4.79 Å². The molecule has 23 heavy (non-hydrogen) atoms. The summed E-state index contributed by atoms with van der Waals surface area (Å²) in [6.07, 6.45) is 0. The molecule has 5 nitrogen and oxygen atoms in total. The second-order valence-electron chi connectivity index (χ2n) is 6.52. The highest BCUT2D eigenvalue weighted by molar-refractivity contribution is 5.92. The van der Waals surface area contributed by atoms with Gasteiger partial charge in [-0.2, -0.15) is 5.10 Å². The summed E-state index contributed by atoms with van der Waals surface area (Å²) in [5.74, 6) is 0.357. The van der Waals surface area contributed by atoms with E-state index in [-0.39, 0.29) is 11.9 Å². The van der Waals surface area contributed by atoms with Crippen LogP contribution in [0.2, 0.25) is 0 Å². The summed E-state index contributed by atoms with van der Waals surface area (Å²) in [6.45, 7) is 6.48. The van der Waals surface area contributed by atoms with Crippen LogP contribution in [0.3, 0.4) is 0 Å². The molecule has 0 aliphatic carbocycles. The minimum Gasteiger partial charge on any atom is -0.334 e. The third kappa shape index (κ3) is 3.29. The summed E-state index contributed by atoms with van der Waals surface area (Å²) in [5, 5.41) is 7.17. The highest BCUT2D eigenvalue weighted by atomic mass is 16.2. The van der Waals surface area contributed by atoms with E-state index in [1.807, 2.05) is 29.2 Å². The first-order valence-electron chi connectivity index (χ1n) is 8.16. The monoisotopic (exact) mass is 312 g/mol. The number of benzene rings is 1. The number of nitrogens with one attached hydrogen (secondary N) is 1. The molecule has 1 amide bonds. The van der Waals surface area contributed by atoms with Gasteiger partial charge in [0.25, 0.3) is 5.91 Å². The third-order valence-electron chi connectivity index (χ3n) is 4.56. The van der Waals surface area contributed by atoms with Gasteiger partial charge in [0.15, 0.2) is 0 Å². The van der Waals surface area contributed by atoms with Crippen LogP contribution in [0.1, 0.15) is 47.6 Å². The summed E-state index contributed by atoms with van der Waals surface area (Å²) in [7, 11) is 2.12. The molecule has 1 aromatic heterocycles. The molecule has 3 rings (SSSR count). The molecule has 122 valence electrons. The van der Waals surface area contributed by atoms with Crippen molar-refractivity contribution in [3.8, 4) is 0 Å². The summed E-state index contributed by atoms with van der Waals surface area (Å²) < 4.78 is 0. The second kappa shape index (κ2) is 6.54. The molecule has 0 radical (unpaired) electrons. The Morgan fingerprint density at radius 3 is 2.65 bits per heavy atom. The van der Waals surface area contributed by atoms with E-state index in [0.717, 1.165) is 18.8 Å². The van der Waals surface area contributed by atoms with E-state index in [0.29, 0.717) is 18.2 Å². The lowest BCUT2D eigenvalue weighted by atomic mass is 10.0. The molecule has 0 spiro atoms. The Morgan fingerprint density at radius 1 is 1.26 bits per heavy atom. The molecule has 2 heterocycles. The lowest BCUT2D eigenvalue weighted by Gasteiger charge is -2.39. The van der Waals surface area contributed by atoms with Crippen LogP contribution in [0.25, 0.3) is 0 Å². The summed E-state index contributed by atoms with van der Waals surface area (Å²) >= 11 is 0. The molecule has 0 bridgehead atoms. The van der Waals surface area contributed by atoms with E-state index in [1.54, 1.807) is 0 Å². The number of hydrogen-bond acceptors (Lipinski definition) is 3. The van der Waals surface area contributed by atoms with Crippen molar-refractivity contribution in [3.05, 3.63) is 53.3 Å². The number of H-pyrrole nitrogens is 1. The van der Waals surface area contributed by atoms with Crippen LogP contribution in [0.5, 0.6) is 0 Å². The SMILES string of the molecule is CC(C)c1cc(C(=O)N2CCN(C)[C@H](c3ccccc3)C2)n[nH]1. The quantitative estimate of drug-likeness (QED) is 0.948. The molecule has 1 atom stereocenters. The first kappa shape index (κ1) is 15.7. The minimum atomic E-state index is 0.0159. The maximum absolute atomic E-state index is 12.7. The molecule has 0 unspecified atom stereocenters. The topological polar surface area (TPSA) is 52.2 Å². The van der Waals surface area contributed by atoms with Gasteiger partial charge in [-0.3, -0.25) is 14.8 Å². The Kier molecular flexibility index (Phi) is 4.48. The zero-order valence-electron chi connectivity index (χ0n) is 14.0. The molecule has 1 aliphatic rings. The molecular formula is C18H24N4O. The molecule has 1 aliphatic heterocycles. The van der Waals surface area contributed by atoms with Crippen molar-refractivity contribution in [2.75, 3.05) is 26.7 Å². The Bertz CT molecular complexity index is 665. The molecule has 1 N–H and O–H groups in total. The van der Waals surface area contributed by atoms with Gasteiger partial charge in [-0.05, 0) is 24.6 Å². The molecule has 2 aromatic rings. The third-order valence-corrected chi connectivity index (χ3v) is 4.56. The molecular weight excluding hydrogens is 288 g/mol. The van der Waals surface area contributed by atoms with Crippen molar-refractivity contribution in [3.63, 3.8) is 0 Å². The number of hydrogen-bond donors (Lipinski definition) is 1. The lowest BCUT2D eigenvalue weighted by Crippen LogP contribution is -2.49. The van der Waals surface area contributed by atoms with Crippen molar-refractivity contribution in [1.29, 1.82) is 0 Å². The number of amides is 1. The zero-order chi connectivity index (χ0) is 16.4. The fourth-order valence-corrected chi connectivity index (χ4v) is 3.00. The largest absolute Gasteiger partial charge is 0.334 e. The van der Waals surface area contributed by atoms with Gasteiger partial charge in [-0.25, -0.2) is 0 Å². The van der Waals surface area contributed by atoms with Crippen LogP contribution >= 0.6 is 0 Å². The maximum Gasteiger partial charge on any atom is 0.274 e. The zero-order valence-corrected chi connectivity index (χ0v) is 14.0. The average molecular weight is 312 g/mol. The Labute approximate surface area is 137 Å². The fourth-order valence-electron chi connectivity index (χ4n) is 3.00. The number of piperazine rings is 1. The highest BCUT2D eigenvalue weighted by Crippen LogP contribution is 2.25. The van der Waals surface area contributed by atoms with Gasteiger partial charge in [0.2, 0.25) is 0 Å². The van der Waals surface area contributed by atoms with Crippen molar-refractivity contribution in [1.82, 2.24) is 20.0 Å². The van der Waals surface area contributed by atoms with Crippen LogP contribution < -0.4 is 0 Å². The summed E-state index contributed by atoms with van der Waals surface area (Å²) in [4.78, 5) is 17.0. The first-order chi connectivity index (χ1) is 11.1. The normalized spacial score (nSPS) is 19.3. The van der Waals surface area contributed by atoms with Gasteiger partial charge in [0.05, 0.1) is 6.04 Å². The van der Waals surface area contributed by atoms with Gasteiger partial charge in [0.1, 0.15) is 5.69 Å². The van der Waals surface area contributed by atoms with Crippen LogP contribution in [0, 0.1) is 0 Å². The van der Waals surface area contributed by atoms with Crippen LogP contribution in [0.4, 0.5) is 0 Å². The average Bonchev–Trinajstić information content (AvgIpc) is 3.06. The second-order valence-corrected chi connectivity index (χ2v) is 6.52. The van der Waals surface area contributed by atoms with Crippen molar-refractivity contribution >= 4 is 5.91 Å². The van der Waals surface area contributed by atoms with Crippen LogP contribution in [0.15, 0.2) is 36.4 Å². The molecule has 5 heteroatoms. The number of rotatable bonds is 3. The van der Waals surface area contributed by atoms with E-state index in [9.17, 15) is 4.79 Å². The van der Waals surface area contributed by atoms with E-state index in [1.165, 1.54) is 5.56 Å². The number of likely N-dealkylation sites (N-methyl/N-ethyl adjacent to an activating group) is 1. The van der Waals surface area contributed by atoms with Crippen LogP contribution in [-0.2, 0) is 0 Å². The molecule has 0 saturated carbocycles. The summed E-state index contributed by atoms with van der Waals surface area (Å²) in [5.41, 5.74) is 2.77. The van der Waals surface area contributed by atoms with Gasteiger partial charge >= 0.3 is 0 Å². The number of carbonyl (C=O) groups is 1. The smallest absolute Gasteiger partial charge is 0.274 e. The van der Waals surface area contributed by atoms with Gasteiger partial charge in [0, 0.05) is 25.3 Å². The molecule has 1 aromatic carbocycles. The fraction of sp³-hybridized carbons (Fsp3) is 0.444. The number of nitrogens with zero attached hydrogens (tertiary/aromatic N) is 3. The standard InChI is InChI=1S/C18H24N4O/c1-13(2)15-11-16(20-19-15)18(23)22-10-9-21(3)17(12-22)14-7-5-4-6-8-14/h4-8,11,13,17H,9-10,12H2,1-3H3,(H,19,20)/t17-/m0/s1. The lowest BCUT2D eigenvalue weighted by molar-refractivity contribution is 0.0540. The van der Waals surface area contributed by atoms with E-state index in [4.69, 9.17) is 0 Å². The van der Waals surface area contributed by atoms with Gasteiger partial charge in [-0.1, -0.05) is 44.2 Å². The Morgan fingerprint density at radius 2 is 2.00 bits per heavy atom. The number of aromatic amines is 1. The van der Waals surface area contributed by atoms with E-state index < -0.39 is 0 Å². The van der Waals surface area contributed by atoms with Crippen LogP contribution in [-0.4, -0.2) is 52.6 Å². The molecule has 1 saturated heterocycles. The predicted octanol–water partition coefficient (Wildman–Crippen LogP) is 2.66. The first-order valence-corrected chi connectivity index (χ1v) is 8.16. The highest BCUT2D eigenvalue weighted by Gasteiger charge is 2.29. The number of carbonyl (C=O) groups excluding carboxylic acids is 1. The van der Waals surface area contributed by atoms with E-state index in [2.05, 4.69) is 48.1 Å². The van der Waals surface area contributed by atoms with Gasteiger partial charge < -0.3 is 4.90 Å². The summed E-state index contributed by atoms with van der Waals surface area (Å²) in [6, 6.07) is 12.5. The maximum atomic E-state index is 12.7. The Balaban J connectivity index is 1.76. The molecule has 1 fully saturated rings. The Hall–Kier alpha value is -2.14. The van der Waals surface area contributed by atoms with Gasteiger partial charge in [-0.15, -0.1) is 0 Å². The van der Waals surface area contributed by atoms with E-state index >= 15 is 0 Å². The van der Waals surface area contributed by atoms with Crippen molar-refractivity contribution in [2.24, 2.45) is 0 Å². The van der Waals surface area contributed by atoms with Crippen molar-refractivity contribution in [2.45, 2.75) is 25.8 Å². The number of aromatic nitrogens is 2. The minimum absolute atomic E-state index is 0.0159.